The van der Waals surface area contributed by atoms with Crippen molar-refractivity contribution in [3.8, 4) is 5.75 Å². The van der Waals surface area contributed by atoms with E-state index in [0.717, 1.165) is 12.1 Å². The van der Waals surface area contributed by atoms with Crippen molar-refractivity contribution in [2.75, 3.05) is 25.0 Å². The molecule has 0 radical (unpaired) electrons. The largest absolute Gasteiger partial charge is 0.494 e. The lowest BCUT2D eigenvalue weighted by Gasteiger charge is -2.30. The van der Waals surface area contributed by atoms with Crippen LogP contribution in [0.3, 0.4) is 0 Å². The number of hydrogen-bond donors (Lipinski definition) is 1. The molecule has 7 heteroatoms. The van der Waals surface area contributed by atoms with Gasteiger partial charge in [0, 0.05) is 24.7 Å². The van der Waals surface area contributed by atoms with Crippen LogP contribution in [0.1, 0.15) is 32.3 Å². The van der Waals surface area contributed by atoms with Crippen LogP contribution in [0.2, 0.25) is 0 Å². The van der Waals surface area contributed by atoms with Crippen LogP contribution in [-0.4, -0.2) is 38.3 Å². The second-order valence-corrected chi connectivity index (χ2v) is 9.06. The summed E-state index contributed by atoms with van der Waals surface area (Å²) >= 11 is 0. The lowest BCUT2D eigenvalue weighted by Crippen LogP contribution is -2.41. The number of ether oxygens (including phenoxy) is 1. The van der Waals surface area contributed by atoms with Gasteiger partial charge in [-0.2, -0.15) is 4.31 Å². The number of amides is 1. The standard InChI is InChI=1S/C22H28N2O4S/c1-3-17-5-7-19(8-6-17)23-22(25)18-13-15-24(16-14-18)29(26,27)21-11-9-20(10-12-21)28-4-2/h5-12,18H,3-4,13-16H2,1-2H3,(H,23,25). The number of carbonyl (C=O) groups is 1. The van der Waals surface area contributed by atoms with Crippen molar-refractivity contribution in [3.63, 3.8) is 0 Å². The van der Waals surface area contributed by atoms with Gasteiger partial charge in [-0.25, -0.2) is 8.42 Å². The minimum Gasteiger partial charge on any atom is -0.494 e. The van der Waals surface area contributed by atoms with Crippen molar-refractivity contribution >= 4 is 21.6 Å². The Morgan fingerprint density at radius 1 is 1.03 bits per heavy atom. The van der Waals surface area contributed by atoms with Gasteiger partial charge in [-0.3, -0.25) is 4.79 Å². The van der Waals surface area contributed by atoms with Gasteiger partial charge in [0.2, 0.25) is 15.9 Å². The van der Waals surface area contributed by atoms with Crippen molar-refractivity contribution in [1.29, 1.82) is 0 Å². The molecule has 0 saturated carbocycles. The van der Waals surface area contributed by atoms with E-state index in [1.54, 1.807) is 24.3 Å². The minimum atomic E-state index is -3.56. The molecule has 29 heavy (non-hydrogen) atoms. The molecule has 0 aromatic heterocycles. The van der Waals surface area contributed by atoms with Gasteiger partial charge in [-0.1, -0.05) is 19.1 Å². The third-order valence-electron chi connectivity index (χ3n) is 5.23. The smallest absolute Gasteiger partial charge is 0.243 e. The van der Waals surface area contributed by atoms with Gasteiger partial charge in [0.25, 0.3) is 0 Å². The fraction of sp³-hybridized carbons (Fsp3) is 0.409. The molecule has 1 fully saturated rings. The van der Waals surface area contributed by atoms with Crippen molar-refractivity contribution < 1.29 is 17.9 Å². The number of benzene rings is 2. The predicted molar refractivity (Wildman–Crippen MR) is 114 cm³/mol. The van der Waals surface area contributed by atoms with E-state index >= 15 is 0 Å². The Morgan fingerprint density at radius 3 is 2.21 bits per heavy atom. The highest BCUT2D eigenvalue weighted by Crippen LogP contribution is 2.26. The van der Waals surface area contributed by atoms with Crippen LogP contribution in [0.4, 0.5) is 5.69 Å². The number of nitrogens with one attached hydrogen (secondary N) is 1. The third-order valence-corrected chi connectivity index (χ3v) is 7.14. The summed E-state index contributed by atoms with van der Waals surface area (Å²) in [5.41, 5.74) is 1.99. The van der Waals surface area contributed by atoms with Crippen molar-refractivity contribution in [2.45, 2.75) is 38.0 Å². The van der Waals surface area contributed by atoms with Crippen LogP contribution in [0.25, 0.3) is 0 Å². The Labute approximate surface area is 172 Å². The topological polar surface area (TPSA) is 75.7 Å². The first-order valence-electron chi connectivity index (χ1n) is 10.1. The Balaban J connectivity index is 1.57. The summed E-state index contributed by atoms with van der Waals surface area (Å²) in [4.78, 5) is 12.8. The summed E-state index contributed by atoms with van der Waals surface area (Å²) in [5.74, 6) is 0.411. The Morgan fingerprint density at radius 2 is 1.66 bits per heavy atom. The van der Waals surface area contributed by atoms with Gasteiger partial charge in [0.1, 0.15) is 5.75 Å². The number of carbonyl (C=O) groups excluding carboxylic acids is 1. The Bertz CT molecular complexity index is 916. The summed E-state index contributed by atoms with van der Waals surface area (Å²) < 4.78 is 32.6. The Kier molecular flexibility index (Phi) is 6.92. The van der Waals surface area contributed by atoms with E-state index < -0.39 is 10.0 Å². The quantitative estimate of drug-likeness (QED) is 0.747. The van der Waals surface area contributed by atoms with Crippen molar-refractivity contribution in [3.05, 3.63) is 54.1 Å². The molecule has 3 rings (SSSR count). The second kappa shape index (κ2) is 9.41. The molecule has 1 saturated heterocycles. The SMILES string of the molecule is CCOc1ccc(S(=O)(=O)N2CCC(C(=O)Nc3ccc(CC)cc3)CC2)cc1. The van der Waals surface area contributed by atoms with Gasteiger partial charge in [-0.05, 0) is 68.1 Å². The van der Waals surface area contributed by atoms with E-state index in [0.29, 0.717) is 38.3 Å². The molecule has 156 valence electrons. The molecule has 1 aliphatic rings. The average Bonchev–Trinajstić information content (AvgIpc) is 2.75. The van der Waals surface area contributed by atoms with E-state index in [-0.39, 0.29) is 16.7 Å². The molecule has 1 N–H and O–H groups in total. The molecule has 0 aliphatic carbocycles. The molecule has 1 heterocycles. The molecule has 0 bridgehead atoms. The fourth-order valence-electron chi connectivity index (χ4n) is 3.45. The van der Waals surface area contributed by atoms with E-state index in [4.69, 9.17) is 4.74 Å². The van der Waals surface area contributed by atoms with Gasteiger partial charge >= 0.3 is 0 Å². The van der Waals surface area contributed by atoms with Crippen LogP contribution in [0.5, 0.6) is 5.75 Å². The lowest BCUT2D eigenvalue weighted by molar-refractivity contribution is -0.120. The van der Waals surface area contributed by atoms with Crippen molar-refractivity contribution in [2.24, 2.45) is 5.92 Å². The molecule has 0 atom stereocenters. The summed E-state index contributed by atoms with van der Waals surface area (Å²) in [5, 5.41) is 2.95. The average molecular weight is 417 g/mol. The zero-order valence-electron chi connectivity index (χ0n) is 16.9. The van der Waals surface area contributed by atoms with Crippen LogP contribution in [0.15, 0.2) is 53.4 Å². The maximum atomic E-state index is 12.9. The predicted octanol–water partition coefficient (Wildman–Crippen LogP) is 3.69. The van der Waals surface area contributed by atoms with Crippen LogP contribution in [-0.2, 0) is 21.2 Å². The fourth-order valence-corrected chi connectivity index (χ4v) is 4.92. The molecule has 6 nitrogen and oxygen atoms in total. The van der Waals surface area contributed by atoms with Crippen molar-refractivity contribution in [1.82, 2.24) is 4.31 Å². The van der Waals surface area contributed by atoms with Crippen LogP contribution < -0.4 is 10.1 Å². The number of aryl methyl sites for hydroxylation is 1. The molecule has 0 unspecified atom stereocenters. The van der Waals surface area contributed by atoms with Gasteiger partial charge in [-0.15, -0.1) is 0 Å². The maximum absolute atomic E-state index is 12.9. The number of nitrogens with zero attached hydrogens (tertiary/aromatic N) is 1. The molecule has 2 aromatic carbocycles. The molecular formula is C22H28N2O4S. The maximum Gasteiger partial charge on any atom is 0.243 e. The monoisotopic (exact) mass is 416 g/mol. The third kappa shape index (κ3) is 5.16. The lowest BCUT2D eigenvalue weighted by atomic mass is 9.97. The number of piperidine rings is 1. The van der Waals surface area contributed by atoms with E-state index in [1.807, 2.05) is 31.2 Å². The molecule has 2 aromatic rings. The highest BCUT2D eigenvalue weighted by molar-refractivity contribution is 7.89. The van der Waals surface area contributed by atoms with Crippen LogP contribution in [0, 0.1) is 5.92 Å². The van der Waals surface area contributed by atoms with Gasteiger partial charge in [0.05, 0.1) is 11.5 Å². The highest BCUT2D eigenvalue weighted by Gasteiger charge is 2.32. The van der Waals surface area contributed by atoms with E-state index in [2.05, 4.69) is 12.2 Å². The number of anilines is 1. The molecule has 1 aliphatic heterocycles. The van der Waals surface area contributed by atoms with E-state index in [1.165, 1.54) is 9.87 Å². The molecular weight excluding hydrogens is 388 g/mol. The second-order valence-electron chi connectivity index (χ2n) is 7.12. The summed E-state index contributed by atoms with van der Waals surface area (Å²) in [7, 11) is -3.56. The number of sulfonamides is 1. The first-order chi connectivity index (χ1) is 13.9. The summed E-state index contributed by atoms with van der Waals surface area (Å²) in [6, 6.07) is 14.3. The van der Waals surface area contributed by atoms with Gasteiger partial charge in [0.15, 0.2) is 0 Å². The minimum absolute atomic E-state index is 0.0487. The zero-order chi connectivity index (χ0) is 20.9. The molecule has 0 spiro atoms. The Hall–Kier alpha value is -2.38. The highest BCUT2D eigenvalue weighted by atomic mass is 32.2. The normalized spacial score (nSPS) is 15.8. The van der Waals surface area contributed by atoms with Gasteiger partial charge < -0.3 is 10.1 Å². The summed E-state index contributed by atoms with van der Waals surface area (Å²) in [6.07, 6.45) is 1.97. The van der Waals surface area contributed by atoms with Crippen LogP contribution >= 0.6 is 0 Å². The number of rotatable bonds is 7. The first-order valence-corrected chi connectivity index (χ1v) is 11.5. The first kappa shape index (κ1) is 21.3. The number of hydrogen-bond acceptors (Lipinski definition) is 4. The van der Waals surface area contributed by atoms with E-state index in [9.17, 15) is 13.2 Å². The zero-order valence-corrected chi connectivity index (χ0v) is 17.7. The summed E-state index contributed by atoms with van der Waals surface area (Å²) in [6.45, 7) is 5.17. The molecule has 1 amide bonds.